The van der Waals surface area contributed by atoms with Gasteiger partial charge in [-0.2, -0.15) is 0 Å². The lowest BCUT2D eigenvalue weighted by atomic mass is 10.2. The van der Waals surface area contributed by atoms with Gasteiger partial charge in [0.2, 0.25) is 0 Å². The molecule has 1 rings (SSSR count). The van der Waals surface area contributed by atoms with E-state index in [2.05, 4.69) is 22.5 Å². The molecule has 0 atom stereocenters. The number of hydrogen-bond donors (Lipinski definition) is 0. The minimum Gasteiger partial charge on any atom is -0.0985 e. The van der Waals surface area contributed by atoms with E-state index in [9.17, 15) is 0 Å². The zero-order chi connectivity index (χ0) is 7.56. The van der Waals surface area contributed by atoms with Crippen LogP contribution in [0.2, 0.25) is 5.02 Å². The van der Waals surface area contributed by atoms with Gasteiger partial charge in [-0.15, -0.1) is 0 Å². The number of rotatable bonds is 1. The molecule has 0 fully saturated rings. The normalized spacial score (nSPS) is 9.40. The molecule has 1 aromatic rings. The quantitative estimate of drug-likeness (QED) is 0.672. The summed E-state index contributed by atoms with van der Waals surface area (Å²) in [4.78, 5) is 0. The van der Waals surface area contributed by atoms with Crippen LogP contribution in [0.1, 0.15) is 5.56 Å². The standard InChI is InChI=1S/C8H6BrCl/c1-2-6-3-4-7(9)8(10)5-6/h2-5H,1H2. The molecule has 52 valence electrons. The third kappa shape index (κ3) is 1.61. The molecule has 0 N–H and O–H groups in total. The molecule has 0 unspecified atom stereocenters. The van der Waals surface area contributed by atoms with Gasteiger partial charge in [-0.25, -0.2) is 0 Å². The van der Waals surface area contributed by atoms with Crippen LogP contribution in [-0.2, 0) is 0 Å². The molecule has 0 saturated heterocycles. The van der Waals surface area contributed by atoms with Crippen molar-refractivity contribution in [1.29, 1.82) is 0 Å². The van der Waals surface area contributed by atoms with Crippen LogP contribution in [0.15, 0.2) is 29.3 Å². The molecule has 0 bridgehead atoms. The second kappa shape index (κ2) is 3.22. The Labute approximate surface area is 73.6 Å². The average molecular weight is 217 g/mol. The molecule has 0 saturated carbocycles. The van der Waals surface area contributed by atoms with Crippen LogP contribution in [0.4, 0.5) is 0 Å². The zero-order valence-electron chi connectivity index (χ0n) is 5.27. The molecule has 1 aromatic carbocycles. The van der Waals surface area contributed by atoms with Gasteiger partial charge in [0.05, 0.1) is 5.02 Å². The number of hydrogen-bond acceptors (Lipinski definition) is 0. The highest BCUT2D eigenvalue weighted by Gasteiger charge is 1.94. The Kier molecular flexibility index (Phi) is 2.52. The molecular weight excluding hydrogens is 211 g/mol. The van der Waals surface area contributed by atoms with Gasteiger partial charge < -0.3 is 0 Å². The van der Waals surface area contributed by atoms with E-state index < -0.39 is 0 Å². The number of halogens is 2. The smallest absolute Gasteiger partial charge is 0.0554 e. The Morgan fingerprint density at radius 1 is 1.50 bits per heavy atom. The average Bonchev–Trinajstić information content (AvgIpc) is 1.95. The third-order valence-corrected chi connectivity index (χ3v) is 2.41. The summed E-state index contributed by atoms with van der Waals surface area (Å²) < 4.78 is 0.916. The van der Waals surface area contributed by atoms with E-state index in [0.29, 0.717) is 0 Å². The van der Waals surface area contributed by atoms with Crippen molar-refractivity contribution in [2.75, 3.05) is 0 Å². The van der Waals surface area contributed by atoms with Crippen LogP contribution in [0.25, 0.3) is 6.08 Å². The number of benzene rings is 1. The van der Waals surface area contributed by atoms with Crippen LogP contribution >= 0.6 is 27.5 Å². The van der Waals surface area contributed by atoms with Crippen molar-refractivity contribution in [3.63, 3.8) is 0 Å². The lowest BCUT2D eigenvalue weighted by molar-refractivity contribution is 1.61. The minimum absolute atomic E-state index is 0.720. The van der Waals surface area contributed by atoms with E-state index in [4.69, 9.17) is 11.6 Å². The van der Waals surface area contributed by atoms with Gasteiger partial charge in [0.15, 0.2) is 0 Å². The predicted octanol–water partition coefficient (Wildman–Crippen LogP) is 3.75. The van der Waals surface area contributed by atoms with Crippen LogP contribution in [0, 0.1) is 0 Å². The monoisotopic (exact) mass is 216 g/mol. The SMILES string of the molecule is C=Cc1ccc(Br)c(Cl)c1. The largest absolute Gasteiger partial charge is 0.0985 e. The first-order valence-corrected chi connectivity index (χ1v) is 3.98. The Bertz CT molecular complexity index is 255. The first-order chi connectivity index (χ1) is 4.74. The molecule has 0 aliphatic rings. The van der Waals surface area contributed by atoms with Gasteiger partial charge in [0.25, 0.3) is 0 Å². The maximum atomic E-state index is 5.80. The van der Waals surface area contributed by atoms with Crippen molar-refractivity contribution in [2.24, 2.45) is 0 Å². The topological polar surface area (TPSA) is 0 Å². The lowest BCUT2D eigenvalue weighted by Crippen LogP contribution is -1.71. The molecule has 10 heavy (non-hydrogen) atoms. The molecular formula is C8H6BrCl. The van der Waals surface area contributed by atoms with Crippen molar-refractivity contribution < 1.29 is 0 Å². The summed E-state index contributed by atoms with van der Waals surface area (Å²) in [5, 5.41) is 0.720. The first-order valence-electron chi connectivity index (χ1n) is 2.81. The summed E-state index contributed by atoms with van der Waals surface area (Å²) in [6.45, 7) is 3.63. The van der Waals surface area contributed by atoms with E-state index >= 15 is 0 Å². The zero-order valence-corrected chi connectivity index (χ0v) is 7.61. The predicted molar refractivity (Wildman–Crippen MR) is 49.2 cm³/mol. The lowest BCUT2D eigenvalue weighted by Gasteiger charge is -1.95. The molecule has 0 radical (unpaired) electrons. The second-order valence-electron chi connectivity index (χ2n) is 1.88. The van der Waals surface area contributed by atoms with Crippen molar-refractivity contribution in [1.82, 2.24) is 0 Å². The highest BCUT2D eigenvalue weighted by atomic mass is 79.9. The molecule has 0 aliphatic carbocycles. The summed E-state index contributed by atoms with van der Waals surface area (Å²) in [5.41, 5.74) is 1.04. The molecule has 2 heteroatoms. The van der Waals surface area contributed by atoms with Crippen molar-refractivity contribution in [3.05, 3.63) is 39.8 Å². The minimum atomic E-state index is 0.720. The van der Waals surface area contributed by atoms with Gasteiger partial charge in [0, 0.05) is 4.47 Å². The third-order valence-electron chi connectivity index (χ3n) is 1.18. The molecule has 0 spiro atoms. The van der Waals surface area contributed by atoms with E-state index in [1.54, 1.807) is 6.08 Å². The van der Waals surface area contributed by atoms with Crippen molar-refractivity contribution in [3.8, 4) is 0 Å². The van der Waals surface area contributed by atoms with Crippen molar-refractivity contribution >= 4 is 33.6 Å². The maximum Gasteiger partial charge on any atom is 0.0554 e. The van der Waals surface area contributed by atoms with E-state index in [1.807, 2.05) is 18.2 Å². The fourth-order valence-electron chi connectivity index (χ4n) is 0.639. The van der Waals surface area contributed by atoms with Gasteiger partial charge in [-0.1, -0.05) is 30.3 Å². The Morgan fingerprint density at radius 3 is 2.70 bits per heavy atom. The van der Waals surface area contributed by atoms with E-state index in [1.165, 1.54) is 0 Å². The highest BCUT2D eigenvalue weighted by molar-refractivity contribution is 9.10. The molecule has 0 heterocycles. The van der Waals surface area contributed by atoms with Crippen LogP contribution in [-0.4, -0.2) is 0 Å². The summed E-state index contributed by atoms with van der Waals surface area (Å²) in [6, 6.07) is 5.71. The van der Waals surface area contributed by atoms with Crippen LogP contribution in [0.5, 0.6) is 0 Å². The molecule has 0 aliphatic heterocycles. The van der Waals surface area contributed by atoms with E-state index in [0.717, 1.165) is 15.1 Å². The Morgan fingerprint density at radius 2 is 2.20 bits per heavy atom. The molecule has 0 aromatic heterocycles. The van der Waals surface area contributed by atoms with Gasteiger partial charge in [0.1, 0.15) is 0 Å². The molecule has 0 amide bonds. The van der Waals surface area contributed by atoms with E-state index in [-0.39, 0.29) is 0 Å². The van der Waals surface area contributed by atoms with Gasteiger partial charge in [-0.3, -0.25) is 0 Å². The second-order valence-corrected chi connectivity index (χ2v) is 3.14. The summed E-state index contributed by atoms with van der Waals surface area (Å²) >= 11 is 9.09. The Hall–Kier alpha value is -0.270. The van der Waals surface area contributed by atoms with Crippen LogP contribution in [0.3, 0.4) is 0 Å². The van der Waals surface area contributed by atoms with Gasteiger partial charge >= 0.3 is 0 Å². The van der Waals surface area contributed by atoms with Crippen LogP contribution < -0.4 is 0 Å². The fraction of sp³-hybridized carbons (Fsp3) is 0. The first kappa shape index (κ1) is 7.83. The maximum absolute atomic E-state index is 5.80. The summed E-state index contributed by atoms with van der Waals surface area (Å²) in [6.07, 6.45) is 1.76. The fourth-order valence-corrected chi connectivity index (χ4v) is 1.07. The summed E-state index contributed by atoms with van der Waals surface area (Å²) in [5.74, 6) is 0. The summed E-state index contributed by atoms with van der Waals surface area (Å²) in [7, 11) is 0. The van der Waals surface area contributed by atoms with Crippen molar-refractivity contribution in [2.45, 2.75) is 0 Å². The highest BCUT2D eigenvalue weighted by Crippen LogP contribution is 2.23. The molecule has 0 nitrogen and oxygen atoms in total. The Balaban J connectivity index is 3.16. The van der Waals surface area contributed by atoms with Gasteiger partial charge in [-0.05, 0) is 33.6 Å².